The molecule has 0 saturated carbocycles. The number of aryl methyl sites for hydroxylation is 3. The van der Waals surface area contributed by atoms with E-state index >= 15 is 0 Å². The van der Waals surface area contributed by atoms with Crippen LogP contribution in [0.25, 0.3) is 0 Å². The van der Waals surface area contributed by atoms with Crippen LogP contribution in [-0.2, 0) is 6.42 Å². The normalized spacial score (nSPS) is 15.7. The Hall–Kier alpha value is -2.29. The summed E-state index contributed by atoms with van der Waals surface area (Å²) in [7, 11) is 1.70. The zero-order valence-electron chi connectivity index (χ0n) is 13.3. The lowest BCUT2D eigenvalue weighted by molar-refractivity contribution is 0.408. The molecular weight excluding hydrogens is 274 g/mol. The molecule has 0 atom stereocenters. The predicted molar refractivity (Wildman–Crippen MR) is 89.7 cm³/mol. The third kappa shape index (κ3) is 2.71. The second-order valence-electron chi connectivity index (χ2n) is 5.87. The lowest BCUT2D eigenvalue weighted by Gasteiger charge is -2.18. The van der Waals surface area contributed by atoms with Crippen LogP contribution in [0.3, 0.4) is 0 Å². The molecule has 0 amide bonds. The second kappa shape index (κ2) is 5.84. The minimum atomic E-state index is 0.301. The van der Waals surface area contributed by atoms with Gasteiger partial charge < -0.3 is 9.84 Å². The number of nitrogens with zero attached hydrogens (tertiary/aromatic N) is 1. The number of aromatic hydroxyl groups is 1. The molecule has 0 aliphatic heterocycles. The molecule has 2 aromatic rings. The first-order valence-electron chi connectivity index (χ1n) is 7.63. The number of rotatable bonds is 2. The minimum Gasteiger partial charge on any atom is -0.508 e. The van der Waals surface area contributed by atoms with Crippen LogP contribution in [0, 0.1) is 13.8 Å². The van der Waals surface area contributed by atoms with Gasteiger partial charge in [0.05, 0.1) is 12.8 Å². The number of aliphatic imine (C=N–C) groups is 1. The number of benzene rings is 2. The molecule has 22 heavy (non-hydrogen) atoms. The third-order valence-electron chi connectivity index (χ3n) is 4.18. The van der Waals surface area contributed by atoms with Gasteiger partial charge in [0.1, 0.15) is 11.5 Å². The Bertz CT molecular complexity index is 724. The number of fused-ring (bicyclic) bond motifs is 1. The smallest absolute Gasteiger partial charge is 0.124 e. The van der Waals surface area contributed by atoms with Crippen LogP contribution >= 0.6 is 0 Å². The summed E-state index contributed by atoms with van der Waals surface area (Å²) in [5.41, 5.74) is 6.54. The van der Waals surface area contributed by atoms with Crippen molar-refractivity contribution < 1.29 is 9.84 Å². The van der Waals surface area contributed by atoms with Crippen molar-refractivity contribution in [3.05, 3.63) is 52.6 Å². The summed E-state index contributed by atoms with van der Waals surface area (Å²) in [5.74, 6) is 1.22. The lowest BCUT2D eigenvalue weighted by Crippen LogP contribution is -2.11. The number of phenolic OH excluding ortho intramolecular Hbond substituents is 1. The highest BCUT2D eigenvalue weighted by molar-refractivity contribution is 6.04. The highest BCUT2D eigenvalue weighted by Crippen LogP contribution is 2.31. The van der Waals surface area contributed by atoms with Crippen LogP contribution < -0.4 is 4.74 Å². The average molecular weight is 295 g/mol. The van der Waals surface area contributed by atoms with Gasteiger partial charge in [0.2, 0.25) is 0 Å². The van der Waals surface area contributed by atoms with Gasteiger partial charge in [-0.05, 0) is 74.1 Å². The first-order chi connectivity index (χ1) is 10.6. The van der Waals surface area contributed by atoms with Gasteiger partial charge in [-0.3, -0.25) is 4.99 Å². The van der Waals surface area contributed by atoms with E-state index in [0.717, 1.165) is 53.1 Å². The largest absolute Gasteiger partial charge is 0.508 e. The Morgan fingerprint density at radius 3 is 2.45 bits per heavy atom. The van der Waals surface area contributed by atoms with Crippen LogP contribution in [0.2, 0.25) is 0 Å². The molecule has 0 unspecified atom stereocenters. The fourth-order valence-corrected chi connectivity index (χ4v) is 3.22. The number of hydrogen-bond acceptors (Lipinski definition) is 3. The van der Waals surface area contributed by atoms with Crippen molar-refractivity contribution in [1.82, 2.24) is 0 Å². The molecule has 3 heteroatoms. The first kappa shape index (κ1) is 14.6. The Morgan fingerprint density at radius 2 is 1.77 bits per heavy atom. The van der Waals surface area contributed by atoms with Crippen molar-refractivity contribution in [3.63, 3.8) is 0 Å². The quantitative estimate of drug-likeness (QED) is 0.888. The van der Waals surface area contributed by atoms with Gasteiger partial charge in [-0.1, -0.05) is 6.07 Å². The zero-order valence-corrected chi connectivity index (χ0v) is 13.3. The molecule has 0 heterocycles. The number of ether oxygens (including phenoxy) is 1. The SMILES string of the molecule is COc1c(C)cc(/N=C2\CCCc3ccc(O)cc32)cc1C. The number of phenols is 1. The van der Waals surface area contributed by atoms with E-state index in [1.54, 1.807) is 13.2 Å². The number of hydrogen-bond donors (Lipinski definition) is 1. The summed E-state index contributed by atoms with van der Waals surface area (Å²) in [4.78, 5) is 4.85. The lowest BCUT2D eigenvalue weighted by atomic mass is 9.89. The summed E-state index contributed by atoms with van der Waals surface area (Å²) >= 11 is 0. The molecule has 0 saturated heterocycles. The van der Waals surface area contributed by atoms with Gasteiger partial charge in [-0.15, -0.1) is 0 Å². The van der Waals surface area contributed by atoms with E-state index in [9.17, 15) is 5.11 Å². The van der Waals surface area contributed by atoms with Crippen LogP contribution in [0.4, 0.5) is 5.69 Å². The van der Waals surface area contributed by atoms with Crippen LogP contribution in [-0.4, -0.2) is 17.9 Å². The van der Waals surface area contributed by atoms with Crippen molar-refractivity contribution in [2.45, 2.75) is 33.1 Å². The maximum absolute atomic E-state index is 9.76. The highest BCUT2D eigenvalue weighted by Gasteiger charge is 2.16. The Balaban J connectivity index is 2.06. The summed E-state index contributed by atoms with van der Waals surface area (Å²) in [5, 5.41) is 9.76. The molecule has 0 radical (unpaired) electrons. The molecule has 0 aromatic heterocycles. The average Bonchev–Trinajstić information content (AvgIpc) is 2.47. The van der Waals surface area contributed by atoms with Crippen molar-refractivity contribution in [2.24, 2.45) is 4.99 Å². The second-order valence-corrected chi connectivity index (χ2v) is 5.87. The van der Waals surface area contributed by atoms with Crippen LogP contribution in [0.5, 0.6) is 11.5 Å². The minimum absolute atomic E-state index is 0.301. The Kier molecular flexibility index (Phi) is 3.88. The zero-order chi connectivity index (χ0) is 15.7. The van der Waals surface area contributed by atoms with E-state index in [2.05, 4.69) is 12.1 Å². The van der Waals surface area contributed by atoms with E-state index < -0.39 is 0 Å². The van der Waals surface area contributed by atoms with Crippen molar-refractivity contribution >= 4 is 11.4 Å². The van der Waals surface area contributed by atoms with Crippen molar-refractivity contribution in [3.8, 4) is 11.5 Å². The highest BCUT2D eigenvalue weighted by atomic mass is 16.5. The van der Waals surface area contributed by atoms with Gasteiger partial charge in [-0.2, -0.15) is 0 Å². The van der Waals surface area contributed by atoms with E-state index in [4.69, 9.17) is 9.73 Å². The van der Waals surface area contributed by atoms with Crippen LogP contribution in [0.15, 0.2) is 35.3 Å². The molecule has 0 fully saturated rings. The molecule has 3 rings (SSSR count). The van der Waals surface area contributed by atoms with E-state index in [1.807, 2.05) is 26.0 Å². The van der Waals surface area contributed by atoms with E-state index in [1.165, 1.54) is 5.56 Å². The van der Waals surface area contributed by atoms with Crippen molar-refractivity contribution in [2.75, 3.05) is 7.11 Å². The van der Waals surface area contributed by atoms with Gasteiger partial charge in [0.15, 0.2) is 0 Å². The summed E-state index contributed by atoms with van der Waals surface area (Å²) in [6, 6.07) is 9.69. The third-order valence-corrected chi connectivity index (χ3v) is 4.18. The fourth-order valence-electron chi connectivity index (χ4n) is 3.22. The molecule has 1 aliphatic rings. The Labute approximate surface area is 131 Å². The summed E-state index contributed by atoms with van der Waals surface area (Å²) in [6.45, 7) is 4.08. The Morgan fingerprint density at radius 1 is 1.05 bits per heavy atom. The first-order valence-corrected chi connectivity index (χ1v) is 7.63. The van der Waals surface area contributed by atoms with Crippen LogP contribution in [0.1, 0.15) is 35.1 Å². The molecule has 1 N–H and O–H groups in total. The molecule has 0 bridgehead atoms. The van der Waals surface area contributed by atoms with Crippen molar-refractivity contribution in [1.29, 1.82) is 0 Å². The number of methoxy groups -OCH3 is 1. The molecule has 1 aliphatic carbocycles. The molecular formula is C19H21NO2. The molecule has 0 spiro atoms. The van der Waals surface area contributed by atoms with E-state index in [-0.39, 0.29) is 0 Å². The van der Waals surface area contributed by atoms with Gasteiger partial charge in [0.25, 0.3) is 0 Å². The maximum Gasteiger partial charge on any atom is 0.124 e. The molecule has 2 aromatic carbocycles. The molecule has 114 valence electrons. The van der Waals surface area contributed by atoms with Gasteiger partial charge in [0, 0.05) is 11.3 Å². The fraction of sp³-hybridized carbons (Fsp3) is 0.316. The summed E-state index contributed by atoms with van der Waals surface area (Å²) < 4.78 is 5.41. The van der Waals surface area contributed by atoms with Gasteiger partial charge in [-0.25, -0.2) is 0 Å². The van der Waals surface area contributed by atoms with E-state index in [0.29, 0.717) is 5.75 Å². The summed E-state index contributed by atoms with van der Waals surface area (Å²) in [6.07, 6.45) is 3.10. The molecule has 3 nitrogen and oxygen atoms in total. The topological polar surface area (TPSA) is 41.8 Å². The monoisotopic (exact) mass is 295 g/mol. The van der Waals surface area contributed by atoms with Gasteiger partial charge >= 0.3 is 0 Å². The standard InChI is InChI=1S/C19H21NO2/c1-12-9-15(10-13(2)19(12)22-3)20-18-6-4-5-14-7-8-16(21)11-17(14)18/h7-11,21H,4-6H2,1-3H3/b20-18+. The maximum atomic E-state index is 9.76. The predicted octanol–water partition coefficient (Wildman–Crippen LogP) is 4.47.